The van der Waals surface area contributed by atoms with Crippen LogP contribution in [0.15, 0.2) is 30.3 Å². The molecule has 1 amide bonds. The van der Waals surface area contributed by atoms with E-state index in [0.29, 0.717) is 30.2 Å². The number of hydrogen-bond acceptors (Lipinski definition) is 6. The highest BCUT2D eigenvalue weighted by molar-refractivity contribution is 5.85. The monoisotopic (exact) mass is 341 g/mol. The van der Waals surface area contributed by atoms with E-state index in [1.54, 1.807) is 12.1 Å². The Bertz CT molecular complexity index is 791. The van der Waals surface area contributed by atoms with E-state index in [9.17, 15) is 14.9 Å². The molecule has 8 heteroatoms. The van der Waals surface area contributed by atoms with Gasteiger partial charge in [0.1, 0.15) is 11.9 Å². The minimum atomic E-state index is -0.443. The molecule has 25 heavy (non-hydrogen) atoms. The first-order valence-corrected chi connectivity index (χ1v) is 8.24. The van der Waals surface area contributed by atoms with Gasteiger partial charge in [-0.1, -0.05) is 6.92 Å². The summed E-state index contributed by atoms with van der Waals surface area (Å²) >= 11 is 0. The molecule has 1 fully saturated rings. The van der Waals surface area contributed by atoms with Crippen molar-refractivity contribution in [2.75, 3.05) is 11.9 Å². The molecule has 1 aliphatic rings. The van der Waals surface area contributed by atoms with E-state index in [1.165, 1.54) is 12.1 Å². The number of aromatic nitrogens is 2. The molecule has 130 valence electrons. The van der Waals surface area contributed by atoms with Crippen LogP contribution in [0.4, 0.5) is 11.5 Å². The van der Waals surface area contributed by atoms with Crippen LogP contribution in [0, 0.1) is 10.1 Å². The number of amides is 1. The summed E-state index contributed by atoms with van der Waals surface area (Å²) in [7, 11) is 0. The highest BCUT2D eigenvalue weighted by atomic mass is 16.6. The van der Waals surface area contributed by atoms with Crippen molar-refractivity contribution in [1.29, 1.82) is 0 Å². The van der Waals surface area contributed by atoms with Crippen LogP contribution in [0.5, 0.6) is 0 Å². The van der Waals surface area contributed by atoms with Gasteiger partial charge < -0.3 is 10.6 Å². The van der Waals surface area contributed by atoms with E-state index >= 15 is 0 Å². The number of non-ortho nitro benzene ring substituents is 1. The molecule has 8 nitrogen and oxygen atoms in total. The maximum atomic E-state index is 11.9. The molecule has 2 aromatic rings. The summed E-state index contributed by atoms with van der Waals surface area (Å²) in [6.45, 7) is 2.69. The number of carbonyl (C=O) groups excluding carboxylic acids is 1. The molecule has 0 bridgehead atoms. The van der Waals surface area contributed by atoms with Crippen molar-refractivity contribution in [1.82, 2.24) is 15.3 Å². The Morgan fingerprint density at radius 3 is 2.72 bits per heavy atom. The van der Waals surface area contributed by atoms with Crippen molar-refractivity contribution in [3.05, 3.63) is 46.1 Å². The lowest BCUT2D eigenvalue weighted by Crippen LogP contribution is -2.44. The Balaban J connectivity index is 1.89. The Labute approximate surface area is 144 Å². The maximum Gasteiger partial charge on any atom is 0.269 e. The predicted molar refractivity (Wildman–Crippen MR) is 93.2 cm³/mol. The zero-order valence-electron chi connectivity index (χ0n) is 13.9. The number of nitro groups is 1. The van der Waals surface area contributed by atoms with Crippen LogP contribution >= 0.6 is 0 Å². The summed E-state index contributed by atoms with van der Waals surface area (Å²) in [4.78, 5) is 31.2. The van der Waals surface area contributed by atoms with Gasteiger partial charge in [0, 0.05) is 36.0 Å². The van der Waals surface area contributed by atoms with Crippen molar-refractivity contribution in [2.45, 2.75) is 32.2 Å². The molecule has 0 aliphatic carbocycles. The van der Waals surface area contributed by atoms with Gasteiger partial charge in [-0.2, -0.15) is 0 Å². The first-order valence-electron chi connectivity index (χ1n) is 8.24. The Morgan fingerprint density at radius 2 is 2.08 bits per heavy atom. The topological polar surface area (TPSA) is 110 Å². The molecular weight excluding hydrogens is 322 g/mol. The average Bonchev–Trinajstić information content (AvgIpc) is 2.63. The van der Waals surface area contributed by atoms with Crippen LogP contribution in [-0.4, -0.2) is 33.4 Å². The number of piperidine rings is 1. The number of nitrogens with one attached hydrogen (secondary N) is 2. The van der Waals surface area contributed by atoms with Gasteiger partial charge in [-0.05, 0) is 31.4 Å². The van der Waals surface area contributed by atoms with Crippen molar-refractivity contribution < 1.29 is 9.72 Å². The molecule has 2 N–H and O–H groups in total. The number of aryl methyl sites for hydroxylation is 1. The number of carbonyl (C=O) groups is 1. The first kappa shape index (κ1) is 16.8. The number of anilines is 1. The quantitative estimate of drug-likeness (QED) is 0.638. The molecule has 0 radical (unpaired) electrons. The highest BCUT2D eigenvalue weighted by Crippen LogP contribution is 2.22. The van der Waals surface area contributed by atoms with E-state index in [0.717, 1.165) is 18.5 Å². The van der Waals surface area contributed by atoms with Gasteiger partial charge in [-0.3, -0.25) is 14.9 Å². The Morgan fingerprint density at radius 1 is 1.32 bits per heavy atom. The van der Waals surface area contributed by atoms with Crippen LogP contribution in [0.2, 0.25) is 0 Å². The predicted octanol–water partition coefficient (Wildman–Crippen LogP) is 2.30. The van der Waals surface area contributed by atoms with Crippen LogP contribution in [0.3, 0.4) is 0 Å². The normalized spacial score (nSPS) is 17.0. The molecule has 0 spiro atoms. The summed E-state index contributed by atoms with van der Waals surface area (Å²) in [6.07, 6.45) is 2.39. The van der Waals surface area contributed by atoms with Gasteiger partial charge >= 0.3 is 0 Å². The molecule has 1 unspecified atom stereocenters. The fourth-order valence-corrected chi connectivity index (χ4v) is 2.70. The molecule has 1 aliphatic heterocycles. The van der Waals surface area contributed by atoms with Gasteiger partial charge in [0.25, 0.3) is 5.69 Å². The molecule has 1 atom stereocenters. The second kappa shape index (κ2) is 7.25. The van der Waals surface area contributed by atoms with Gasteiger partial charge in [0.2, 0.25) is 5.91 Å². The van der Waals surface area contributed by atoms with Crippen molar-refractivity contribution >= 4 is 17.4 Å². The zero-order chi connectivity index (χ0) is 17.8. The fraction of sp³-hybridized carbons (Fsp3) is 0.353. The van der Waals surface area contributed by atoms with Crippen LogP contribution in [0.25, 0.3) is 11.4 Å². The number of benzene rings is 1. The molecule has 2 heterocycles. The van der Waals surface area contributed by atoms with Crippen LogP contribution in [0.1, 0.15) is 25.5 Å². The highest BCUT2D eigenvalue weighted by Gasteiger charge is 2.22. The van der Waals surface area contributed by atoms with Crippen molar-refractivity contribution in [2.24, 2.45) is 0 Å². The van der Waals surface area contributed by atoms with Gasteiger partial charge in [-0.15, -0.1) is 0 Å². The van der Waals surface area contributed by atoms with Gasteiger partial charge in [0.15, 0.2) is 5.82 Å². The largest absolute Gasteiger partial charge is 0.358 e. The summed E-state index contributed by atoms with van der Waals surface area (Å²) in [6, 6.07) is 7.64. The SMILES string of the molecule is CCc1cc(NC2CCCNC2=O)nc(-c2ccc([N+](=O)[O-])cc2)n1. The average molecular weight is 341 g/mol. The number of nitro benzene ring substituents is 1. The van der Waals surface area contributed by atoms with Crippen LogP contribution in [-0.2, 0) is 11.2 Å². The fourth-order valence-electron chi connectivity index (χ4n) is 2.70. The number of nitrogens with zero attached hydrogens (tertiary/aromatic N) is 3. The number of hydrogen-bond donors (Lipinski definition) is 2. The minimum absolute atomic E-state index is 0.0209. The standard InChI is InChI=1S/C17H19N5O3/c1-2-12-10-15(20-14-4-3-9-18-17(14)23)21-16(19-12)11-5-7-13(8-6-11)22(24)25/h5-8,10,14H,2-4,9H2,1H3,(H,18,23)(H,19,20,21). The van der Waals surface area contributed by atoms with Crippen LogP contribution < -0.4 is 10.6 Å². The van der Waals surface area contributed by atoms with Gasteiger partial charge in [0.05, 0.1) is 4.92 Å². The van der Waals surface area contributed by atoms with E-state index in [4.69, 9.17) is 0 Å². The molecule has 1 aromatic carbocycles. The second-order valence-corrected chi connectivity index (χ2v) is 5.86. The van der Waals surface area contributed by atoms with Crippen molar-refractivity contribution in [3.8, 4) is 11.4 Å². The molecule has 1 saturated heterocycles. The third-order valence-corrected chi connectivity index (χ3v) is 4.09. The summed E-state index contributed by atoms with van der Waals surface area (Å²) in [5.41, 5.74) is 1.55. The summed E-state index contributed by atoms with van der Waals surface area (Å²) in [5, 5.41) is 16.8. The van der Waals surface area contributed by atoms with Crippen molar-refractivity contribution in [3.63, 3.8) is 0 Å². The Hall–Kier alpha value is -3.03. The minimum Gasteiger partial charge on any atom is -0.358 e. The van der Waals surface area contributed by atoms with E-state index in [-0.39, 0.29) is 17.6 Å². The van der Waals surface area contributed by atoms with E-state index in [2.05, 4.69) is 20.6 Å². The molecule has 0 saturated carbocycles. The van der Waals surface area contributed by atoms with Gasteiger partial charge in [-0.25, -0.2) is 9.97 Å². The lowest BCUT2D eigenvalue weighted by Gasteiger charge is -2.23. The maximum absolute atomic E-state index is 11.9. The summed E-state index contributed by atoms with van der Waals surface area (Å²) < 4.78 is 0. The second-order valence-electron chi connectivity index (χ2n) is 5.86. The Kier molecular flexibility index (Phi) is 4.87. The first-order chi connectivity index (χ1) is 12.1. The smallest absolute Gasteiger partial charge is 0.269 e. The molecule has 1 aromatic heterocycles. The zero-order valence-corrected chi connectivity index (χ0v) is 13.9. The molecular formula is C17H19N5O3. The lowest BCUT2D eigenvalue weighted by atomic mass is 10.1. The lowest BCUT2D eigenvalue weighted by molar-refractivity contribution is -0.384. The van der Waals surface area contributed by atoms with E-state index in [1.807, 2.05) is 13.0 Å². The summed E-state index contributed by atoms with van der Waals surface area (Å²) in [5.74, 6) is 1.04. The molecule has 3 rings (SSSR count). The third kappa shape index (κ3) is 3.90. The third-order valence-electron chi connectivity index (χ3n) is 4.09. The van der Waals surface area contributed by atoms with E-state index < -0.39 is 4.92 Å². The number of rotatable bonds is 5.